The first-order chi connectivity index (χ1) is 11.8. The summed E-state index contributed by atoms with van der Waals surface area (Å²) < 4.78 is 5.82. The molecule has 1 N–H and O–H groups in total. The fourth-order valence-electron chi connectivity index (χ4n) is 3.71. The van der Waals surface area contributed by atoms with Crippen molar-refractivity contribution in [2.24, 2.45) is 5.92 Å². The van der Waals surface area contributed by atoms with E-state index in [4.69, 9.17) is 4.74 Å². The average molecular weight is 322 g/mol. The smallest absolute Gasteiger partial charge is 0.251 e. The number of carbonyl (C=O) groups is 1. The van der Waals surface area contributed by atoms with E-state index in [9.17, 15) is 4.79 Å². The van der Waals surface area contributed by atoms with E-state index in [0.717, 1.165) is 12.3 Å². The van der Waals surface area contributed by atoms with E-state index in [1.807, 2.05) is 54.6 Å². The number of hydrogen-bond donors (Lipinski definition) is 1. The molecule has 4 heteroatoms. The van der Waals surface area contributed by atoms with Crippen LogP contribution < -0.4 is 10.1 Å². The summed E-state index contributed by atoms with van der Waals surface area (Å²) in [6.45, 7) is 3.34. The molecule has 0 aromatic heterocycles. The largest absolute Gasteiger partial charge is 0.457 e. The van der Waals surface area contributed by atoms with Crippen molar-refractivity contribution >= 4 is 5.91 Å². The Morgan fingerprint density at radius 3 is 2.46 bits per heavy atom. The van der Waals surface area contributed by atoms with Crippen LogP contribution in [0.25, 0.3) is 0 Å². The lowest BCUT2D eigenvalue weighted by molar-refractivity contribution is 0.0620. The summed E-state index contributed by atoms with van der Waals surface area (Å²) >= 11 is 0. The Labute approximate surface area is 142 Å². The highest BCUT2D eigenvalue weighted by molar-refractivity contribution is 5.94. The minimum absolute atomic E-state index is 0.00717. The average Bonchev–Trinajstić information content (AvgIpc) is 2.64. The maximum absolute atomic E-state index is 12.6. The van der Waals surface area contributed by atoms with Crippen molar-refractivity contribution in [2.45, 2.75) is 18.9 Å². The lowest BCUT2D eigenvalue weighted by atomic mass is 9.84. The standard InChI is InChI=1S/C20H22N2O2/c23-20(21-19-14-22-11-9-15(19)10-12-22)16-5-4-8-18(13-16)24-17-6-2-1-3-7-17/h1-8,13,15,19H,9-12,14H2,(H,21,23). The Kier molecular flexibility index (Phi) is 4.22. The van der Waals surface area contributed by atoms with Crippen molar-refractivity contribution in [3.05, 3.63) is 60.2 Å². The molecule has 1 amide bonds. The minimum Gasteiger partial charge on any atom is -0.457 e. The predicted octanol–water partition coefficient (Wildman–Crippen LogP) is 3.30. The first-order valence-corrected chi connectivity index (χ1v) is 8.64. The van der Waals surface area contributed by atoms with Crippen LogP contribution in [-0.2, 0) is 0 Å². The van der Waals surface area contributed by atoms with E-state index in [1.54, 1.807) is 0 Å². The summed E-state index contributed by atoms with van der Waals surface area (Å²) in [6, 6.07) is 17.3. The molecule has 24 heavy (non-hydrogen) atoms. The van der Waals surface area contributed by atoms with Gasteiger partial charge >= 0.3 is 0 Å². The Hall–Kier alpha value is -2.33. The first kappa shape index (κ1) is 15.2. The molecule has 1 unspecified atom stereocenters. The summed E-state index contributed by atoms with van der Waals surface area (Å²) in [5.74, 6) is 2.07. The zero-order valence-corrected chi connectivity index (χ0v) is 13.7. The van der Waals surface area contributed by atoms with Gasteiger partial charge in [-0.25, -0.2) is 0 Å². The number of hydrogen-bond acceptors (Lipinski definition) is 3. The minimum atomic E-state index is -0.00717. The number of piperidine rings is 3. The Morgan fingerprint density at radius 2 is 1.75 bits per heavy atom. The molecule has 3 saturated heterocycles. The highest BCUT2D eigenvalue weighted by Crippen LogP contribution is 2.28. The van der Waals surface area contributed by atoms with Crippen molar-refractivity contribution in [3.63, 3.8) is 0 Å². The molecule has 0 saturated carbocycles. The number of nitrogens with zero attached hydrogens (tertiary/aromatic N) is 1. The molecule has 4 nitrogen and oxygen atoms in total. The number of rotatable bonds is 4. The third kappa shape index (κ3) is 3.29. The molecule has 0 spiro atoms. The summed E-state index contributed by atoms with van der Waals surface area (Å²) in [6.07, 6.45) is 2.39. The molecule has 0 radical (unpaired) electrons. The molecule has 2 aromatic rings. The normalized spacial score (nSPS) is 25.2. The van der Waals surface area contributed by atoms with Gasteiger partial charge in [-0.1, -0.05) is 24.3 Å². The molecule has 1 atom stereocenters. The number of fused-ring (bicyclic) bond motifs is 3. The number of amides is 1. The monoisotopic (exact) mass is 322 g/mol. The second-order valence-electron chi connectivity index (χ2n) is 6.66. The summed E-state index contributed by atoms with van der Waals surface area (Å²) in [5, 5.41) is 3.22. The van der Waals surface area contributed by atoms with Gasteiger partial charge in [-0.3, -0.25) is 4.79 Å². The molecule has 0 aliphatic carbocycles. The number of benzene rings is 2. The maximum Gasteiger partial charge on any atom is 0.251 e. The number of ether oxygens (including phenoxy) is 1. The van der Waals surface area contributed by atoms with Gasteiger partial charge in [0.25, 0.3) is 5.91 Å². The van der Waals surface area contributed by atoms with Crippen LogP contribution in [0.3, 0.4) is 0 Å². The van der Waals surface area contributed by atoms with Crippen molar-refractivity contribution in [3.8, 4) is 11.5 Å². The predicted molar refractivity (Wildman–Crippen MR) is 93.4 cm³/mol. The van der Waals surface area contributed by atoms with Crippen LogP contribution in [0.4, 0.5) is 0 Å². The van der Waals surface area contributed by atoms with Crippen molar-refractivity contribution in [2.75, 3.05) is 19.6 Å². The third-order valence-electron chi connectivity index (χ3n) is 5.05. The summed E-state index contributed by atoms with van der Waals surface area (Å²) in [4.78, 5) is 15.1. The van der Waals surface area contributed by atoms with Crippen LogP contribution in [-0.4, -0.2) is 36.5 Å². The van der Waals surface area contributed by atoms with Gasteiger partial charge in [0.05, 0.1) is 0 Å². The second-order valence-corrected chi connectivity index (χ2v) is 6.66. The molecule has 3 aliphatic heterocycles. The Balaban J connectivity index is 1.44. The molecular weight excluding hydrogens is 300 g/mol. The maximum atomic E-state index is 12.6. The van der Waals surface area contributed by atoms with E-state index < -0.39 is 0 Å². The van der Waals surface area contributed by atoms with Gasteiger partial charge in [0, 0.05) is 18.2 Å². The van der Waals surface area contributed by atoms with Crippen LogP contribution in [0, 0.1) is 5.92 Å². The molecule has 124 valence electrons. The van der Waals surface area contributed by atoms with Crippen molar-refractivity contribution in [1.29, 1.82) is 0 Å². The highest BCUT2D eigenvalue weighted by Gasteiger charge is 2.34. The van der Waals surface area contributed by atoms with E-state index in [1.165, 1.54) is 25.9 Å². The lowest BCUT2D eigenvalue weighted by Crippen LogP contribution is -2.57. The zero-order chi connectivity index (χ0) is 16.4. The molecular formula is C20H22N2O2. The van der Waals surface area contributed by atoms with Crippen molar-refractivity contribution in [1.82, 2.24) is 10.2 Å². The van der Waals surface area contributed by atoms with Gasteiger partial charge in [0.1, 0.15) is 11.5 Å². The van der Waals surface area contributed by atoms with Gasteiger partial charge in [-0.05, 0) is 62.2 Å². The van der Waals surface area contributed by atoms with E-state index in [0.29, 0.717) is 17.2 Å². The molecule has 3 fully saturated rings. The zero-order valence-electron chi connectivity index (χ0n) is 13.7. The van der Waals surface area contributed by atoms with Crippen LogP contribution in [0.15, 0.2) is 54.6 Å². The first-order valence-electron chi connectivity index (χ1n) is 8.64. The van der Waals surface area contributed by atoms with Gasteiger partial charge in [-0.2, -0.15) is 0 Å². The Morgan fingerprint density at radius 1 is 1.00 bits per heavy atom. The lowest BCUT2D eigenvalue weighted by Gasteiger charge is -2.44. The van der Waals surface area contributed by atoms with Crippen LogP contribution in [0.1, 0.15) is 23.2 Å². The second kappa shape index (κ2) is 6.65. The molecule has 3 heterocycles. The van der Waals surface area contributed by atoms with Crippen LogP contribution in [0.2, 0.25) is 0 Å². The quantitative estimate of drug-likeness (QED) is 0.939. The number of carbonyl (C=O) groups excluding carboxylic acids is 1. The fraction of sp³-hybridized carbons (Fsp3) is 0.350. The number of para-hydroxylation sites is 1. The summed E-state index contributed by atoms with van der Waals surface area (Å²) in [7, 11) is 0. The van der Waals surface area contributed by atoms with Gasteiger partial charge in [0.2, 0.25) is 0 Å². The molecule has 5 rings (SSSR count). The number of nitrogens with one attached hydrogen (secondary N) is 1. The SMILES string of the molecule is O=C(NC1CN2CCC1CC2)c1cccc(Oc2ccccc2)c1. The van der Waals surface area contributed by atoms with Crippen LogP contribution >= 0.6 is 0 Å². The molecule has 2 aromatic carbocycles. The fourth-order valence-corrected chi connectivity index (χ4v) is 3.71. The highest BCUT2D eigenvalue weighted by atomic mass is 16.5. The van der Waals surface area contributed by atoms with Crippen LogP contribution in [0.5, 0.6) is 11.5 Å². The Bertz CT molecular complexity index is 709. The summed E-state index contributed by atoms with van der Waals surface area (Å²) in [5.41, 5.74) is 0.653. The van der Waals surface area contributed by atoms with E-state index >= 15 is 0 Å². The third-order valence-corrected chi connectivity index (χ3v) is 5.05. The molecule has 2 bridgehead atoms. The van der Waals surface area contributed by atoms with E-state index in [2.05, 4.69) is 10.2 Å². The van der Waals surface area contributed by atoms with Crippen molar-refractivity contribution < 1.29 is 9.53 Å². The molecule has 3 aliphatic rings. The van der Waals surface area contributed by atoms with E-state index in [-0.39, 0.29) is 11.9 Å². The topological polar surface area (TPSA) is 41.6 Å². The van der Waals surface area contributed by atoms with Gasteiger partial charge in [0.15, 0.2) is 0 Å². The van der Waals surface area contributed by atoms with Gasteiger partial charge in [-0.15, -0.1) is 0 Å². The van der Waals surface area contributed by atoms with Gasteiger partial charge < -0.3 is 15.0 Å².